The van der Waals surface area contributed by atoms with E-state index in [2.05, 4.69) is 24.1 Å². The van der Waals surface area contributed by atoms with Gasteiger partial charge >= 0.3 is 10.2 Å². The molecular formula is C20H23F3N4O2S. The minimum absolute atomic E-state index is 0.125. The van der Waals surface area contributed by atoms with Gasteiger partial charge in [-0.25, -0.2) is 21.8 Å². The van der Waals surface area contributed by atoms with Crippen LogP contribution in [0.4, 0.5) is 30.2 Å². The van der Waals surface area contributed by atoms with Gasteiger partial charge in [-0.3, -0.25) is 4.90 Å². The molecule has 1 fully saturated rings. The number of fused-ring (bicyclic) bond motifs is 1. The summed E-state index contributed by atoms with van der Waals surface area (Å²) in [7, 11) is -4.30. The molecule has 2 aliphatic heterocycles. The second-order valence-corrected chi connectivity index (χ2v) is 9.48. The summed E-state index contributed by atoms with van der Waals surface area (Å²) in [5.41, 5.74) is -0.350. The van der Waals surface area contributed by atoms with Crippen LogP contribution in [0.25, 0.3) is 0 Å². The molecule has 6 nitrogen and oxygen atoms in total. The Bertz CT molecular complexity index is 1030. The van der Waals surface area contributed by atoms with Crippen LogP contribution in [0, 0.1) is 17.5 Å². The second-order valence-electron chi connectivity index (χ2n) is 7.78. The van der Waals surface area contributed by atoms with Crippen molar-refractivity contribution in [2.24, 2.45) is 0 Å². The Morgan fingerprint density at radius 2 is 1.53 bits per heavy atom. The Balaban J connectivity index is 1.69. The van der Waals surface area contributed by atoms with Crippen LogP contribution in [0.2, 0.25) is 0 Å². The lowest BCUT2D eigenvalue weighted by molar-refractivity contribution is 0.178. The molecule has 0 amide bonds. The lowest BCUT2D eigenvalue weighted by Crippen LogP contribution is -2.55. The fourth-order valence-corrected chi connectivity index (χ4v) is 5.97. The van der Waals surface area contributed by atoms with Gasteiger partial charge in [-0.15, -0.1) is 0 Å². The molecule has 0 aliphatic carbocycles. The van der Waals surface area contributed by atoms with E-state index in [9.17, 15) is 21.6 Å². The molecule has 0 bridgehead atoms. The predicted octanol–water partition coefficient (Wildman–Crippen LogP) is 2.99. The molecular weight excluding hydrogens is 417 g/mol. The van der Waals surface area contributed by atoms with Crippen molar-refractivity contribution in [1.82, 2.24) is 10.2 Å². The second kappa shape index (κ2) is 7.75. The fourth-order valence-electron chi connectivity index (χ4n) is 4.25. The summed E-state index contributed by atoms with van der Waals surface area (Å²) in [6.45, 7) is 6.25. The van der Waals surface area contributed by atoms with Gasteiger partial charge in [0, 0.05) is 50.4 Å². The summed E-state index contributed by atoms with van der Waals surface area (Å²) in [5, 5.41) is 3.42. The van der Waals surface area contributed by atoms with Crippen molar-refractivity contribution in [2.45, 2.75) is 25.9 Å². The van der Waals surface area contributed by atoms with Gasteiger partial charge in [-0.05, 0) is 26.0 Å². The molecule has 4 rings (SSSR count). The summed E-state index contributed by atoms with van der Waals surface area (Å²) in [4.78, 5) is 2.16. The van der Waals surface area contributed by atoms with Crippen molar-refractivity contribution < 1.29 is 21.6 Å². The van der Waals surface area contributed by atoms with Crippen LogP contribution < -0.4 is 13.9 Å². The molecule has 1 saturated heterocycles. The topological polar surface area (TPSA) is 55.9 Å². The number of piperazine rings is 1. The molecule has 2 aromatic carbocycles. The zero-order valence-corrected chi connectivity index (χ0v) is 17.5. The Morgan fingerprint density at radius 1 is 0.967 bits per heavy atom. The number of hydrogen-bond acceptors (Lipinski definition) is 4. The molecule has 2 aromatic rings. The summed E-state index contributed by atoms with van der Waals surface area (Å²) in [6, 6.07) is 7.82. The molecule has 0 aromatic heterocycles. The Kier molecular flexibility index (Phi) is 5.41. The zero-order chi connectivity index (χ0) is 21.6. The third-order valence-corrected chi connectivity index (χ3v) is 7.09. The van der Waals surface area contributed by atoms with Crippen LogP contribution in [0.1, 0.15) is 13.8 Å². The molecule has 0 saturated carbocycles. The van der Waals surface area contributed by atoms with Crippen molar-refractivity contribution >= 4 is 27.3 Å². The van der Waals surface area contributed by atoms with E-state index in [0.29, 0.717) is 28.7 Å². The summed E-state index contributed by atoms with van der Waals surface area (Å²) in [5.74, 6) is -3.67. The Labute approximate surface area is 174 Å². The fraction of sp³-hybridized carbons (Fsp3) is 0.400. The molecule has 30 heavy (non-hydrogen) atoms. The highest BCUT2D eigenvalue weighted by atomic mass is 32.2. The molecule has 0 radical (unpaired) electrons. The maximum atomic E-state index is 14.5. The third kappa shape index (κ3) is 3.63. The molecule has 2 atom stereocenters. The van der Waals surface area contributed by atoms with E-state index >= 15 is 0 Å². The van der Waals surface area contributed by atoms with Crippen molar-refractivity contribution in [3.63, 3.8) is 0 Å². The first kappa shape index (κ1) is 21.0. The first-order chi connectivity index (χ1) is 14.2. The lowest BCUT2D eigenvalue weighted by atomic mass is 10.1. The van der Waals surface area contributed by atoms with Gasteiger partial charge in [-0.2, -0.15) is 8.42 Å². The van der Waals surface area contributed by atoms with Gasteiger partial charge in [-0.1, -0.05) is 12.1 Å². The monoisotopic (exact) mass is 440 g/mol. The standard InChI is InChI=1S/C20H23F3N4O2S/c1-13-11-25(12-14(2)24-13)7-8-26-18-5-3-4-6-19(18)27(30(26,28)29)20-16(22)9-15(21)10-17(20)23/h3-6,9-10,13-14,24H,7-8,11-12H2,1-2H3. The Morgan fingerprint density at radius 3 is 2.13 bits per heavy atom. The first-order valence-electron chi connectivity index (χ1n) is 9.73. The highest BCUT2D eigenvalue weighted by Crippen LogP contribution is 2.46. The summed E-state index contributed by atoms with van der Waals surface area (Å²) >= 11 is 0. The quantitative estimate of drug-likeness (QED) is 0.794. The number of rotatable bonds is 4. The van der Waals surface area contributed by atoms with Crippen LogP contribution in [0.5, 0.6) is 0 Å². The maximum absolute atomic E-state index is 14.5. The molecule has 0 spiro atoms. The first-order valence-corrected chi connectivity index (χ1v) is 11.1. The third-order valence-electron chi connectivity index (χ3n) is 5.32. The molecule has 2 aliphatic rings. The van der Waals surface area contributed by atoms with Crippen molar-refractivity contribution in [2.75, 3.05) is 34.8 Å². The van der Waals surface area contributed by atoms with Gasteiger partial charge < -0.3 is 5.32 Å². The van der Waals surface area contributed by atoms with Crippen LogP contribution in [0.3, 0.4) is 0 Å². The van der Waals surface area contributed by atoms with E-state index in [0.717, 1.165) is 17.4 Å². The van der Waals surface area contributed by atoms with Crippen LogP contribution >= 0.6 is 0 Å². The van der Waals surface area contributed by atoms with Gasteiger partial charge in [0.2, 0.25) is 0 Å². The van der Waals surface area contributed by atoms with Gasteiger partial charge in [0.15, 0.2) is 11.6 Å². The van der Waals surface area contributed by atoms with Gasteiger partial charge in [0.25, 0.3) is 0 Å². The number of anilines is 3. The Hall–Kier alpha value is -2.30. The minimum Gasteiger partial charge on any atom is -0.309 e. The molecule has 162 valence electrons. The van der Waals surface area contributed by atoms with Gasteiger partial charge in [0.1, 0.15) is 11.5 Å². The highest BCUT2D eigenvalue weighted by Gasteiger charge is 2.43. The van der Waals surface area contributed by atoms with Crippen molar-refractivity contribution in [3.05, 3.63) is 53.8 Å². The van der Waals surface area contributed by atoms with Crippen LogP contribution in [-0.4, -0.2) is 51.6 Å². The lowest BCUT2D eigenvalue weighted by Gasteiger charge is -2.36. The molecule has 1 N–H and O–H groups in total. The highest BCUT2D eigenvalue weighted by molar-refractivity contribution is 7.95. The summed E-state index contributed by atoms with van der Waals surface area (Å²) in [6.07, 6.45) is 0. The van der Waals surface area contributed by atoms with Crippen molar-refractivity contribution in [3.8, 4) is 0 Å². The van der Waals surface area contributed by atoms with Crippen LogP contribution in [0.15, 0.2) is 36.4 Å². The molecule has 10 heteroatoms. The number of halogens is 3. The van der Waals surface area contributed by atoms with E-state index in [-0.39, 0.29) is 24.3 Å². The van der Waals surface area contributed by atoms with Gasteiger partial charge in [0.05, 0.1) is 11.4 Å². The van der Waals surface area contributed by atoms with E-state index in [1.54, 1.807) is 18.2 Å². The number of para-hydroxylation sites is 2. The predicted molar refractivity (Wildman–Crippen MR) is 110 cm³/mol. The van der Waals surface area contributed by atoms with E-state index < -0.39 is 33.3 Å². The van der Waals surface area contributed by atoms with E-state index in [1.165, 1.54) is 6.07 Å². The van der Waals surface area contributed by atoms with E-state index in [4.69, 9.17) is 0 Å². The number of benzene rings is 2. The largest absolute Gasteiger partial charge is 0.331 e. The van der Waals surface area contributed by atoms with E-state index in [1.807, 2.05) is 0 Å². The molecule has 2 heterocycles. The summed E-state index contributed by atoms with van der Waals surface area (Å²) < 4.78 is 70.8. The number of nitrogens with one attached hydrogen (secondary N) is 1. The van der Waals surface area contributed by atoms with Crippen molar-refractivity contribution in [1.29, 1.82) is 0 Å². The normalized spacial score (nSPS) is 23.6. The number of hydrogen-bond donors (Lipinski definition) is 1. The SMILES string of the molecule is CC1CN(CCN2c3ccccc3N(c3c(F)cc(F)cc3F)S2(=O)=O)CC(C)N1. The average Bonchev–Trinajstić information content (AvgIpc) is 2.85. The number of nitrogens with zero attached hydrogens (tertiary/aromatic N) is 3. The zero-order valence-electron chi connectivity index (χ0n) is 16.6. The maximum Gasteiger partial charge on any atom is 0.331 e. The smallest absolute Gasteiger partial charge is 0.309 e. The molecule has 2 unspecified atom stereocenters. The average molecular weight is 440 g/mol. The minimum atomic E-state index is -4.30. The van der Waals surface area contributed by atoms with Crippen LogP contribution in [-0.2, 0) is 10.2 Å².